The topological polar surface area (TPSA) is 98.5 Å². The average Bonchev–Trinajstić information content (AvgIpc) is 2.05. The first-order chi connectivity index (χ1) is 7.57. The number of hydrogen-bond acceptors (Lipinski definition) is 4. The summed E-state index contributed by atoms with van der Waals surface area (Å²) in [6.45, 7) is 5.32. The van der Waals surface area contributed by atoms with Gasteiger partial charge in [-0.2, -0.15) is 0 Å². The van der Waals surface area contributed by atoms with Gasteiger partial charge in [0.25, 0.3) is 0 Å². The fraction of sp³-hybridized carbons (Fsp3) is 0.900. The molecule has 2 atom stereocenters. The second-order valence-corrected chi connectivity index (χ2v) is 7.08. The summed E-state index contributed by atoms with van der Waals surface area (Å²) >= 11 is 0. The molecule has 0 aliphatic heterocycles. The molecule has 0 unspecified atom stereocenters. The van der Waals surface area contributed by atoms with Crippen molar-refractivity contribution in [2.24, 2.45) is 11.1 Å². The highest BCUT2D eigenvalue weighted by atomic mass is 32.2. The number of hydrogen-bond donors (Lipinski definition) is 2. The number of alkyl carbamates (subject to hydrolysis) is 1. The Hall–Kier alpha value is -0.820. The van der Waals surface area contributed by atoms with Gasteiger partial charge in [-0.1, -0.05) is 0 Å². The first kappa shape index (κ1) is 14.2. The fourth-order valence-electron chi connectivity index (χ4n) is 1.72. The van der Waals surface area contributed by atoms with E-state index in [1.165, 1.54) is 0 Å². The van der Waals surface area contributed by atoms with Gasteiger partial charge in [0.2, 0.25) is 10.0 Å². The third-order valence-corrected chi connectivity index (χ3v) is 3.46. The second kappa shape index (κ2) is 4.81. The Morgan fingerprint density at radius 1 is 1.41 bits per heavy atom. The van der Waals surface area contributed by atoms with Gasteiger partial charge >= 0.3 is 6.09 Å². The van der Waals surface area contributed by atoms with Crippen LogP contribution in [0, 0.1) is 5.92 Å². The summed E-state index contributed by atoms with van der Waals surface area (Å²) in [6.07, 6.45) is 1.01. The molecular weight excluding hydrogens is 244 g/mol. The van der Waals surface area contributed by atoms with Crippen molar-refractivity contribution in [2.75, 3.05) is 5.75 Å². The minimum Gasteiger partial charge on any atom is -0.444 e. The molecule has 1 rings (SSSR count). The van der Waals surface area contributed by atoms with Crippen LogP contribution < -0.4 is 10.5 Å². The summed E-state index contributed by atoms with van der Waals surface area (Å²) in [5.74, 6) is -0.189. The molecule has 1 amide bonds. The van der Waals surface area contributed by atoms with Gasteiger partial charge < -0.3 is 10.1 Å². The summed E-state index contributed by atoms with van der Waals surface area (Å²) in [7, 11) is -3.48. The molecule has 0 heterocycles. The van der Waals surface area contributed by atoms with Crippen molar-refractivity contribution in [3.63, 3.8) is 0 Å². The SMILES string of the molecule is CC(C)(C)OC(=O)N[C@@H]1CC[C@H]1CS(N)(=O)=O. The Morgan fingerprint density at radius 3 is 2.35 bits per heavy atom. The molecule has 0 saturated heterocycles. The maximum Gasteiger partial charge on any atom is 0.407 e. The number of amides is 1. The van der Waals surface area contributed by atoms with E-state index in [1.54, 1.807) is 20.8 Å². The van der Waals surface area contributed by atoms with Crippen LogP contribution >= 0.6 is 0 Å². The average molecular weight is 264 g/mol. The molecule has 1 aliphatic rings. The number of nitrogens with one attached hydrogen (secondary N) is 1. The van der Waals surface area contributed by atoms with E-state index in [0.29, 0.717) is 0 Å². The normalized spacial score (nSPS) is 24.9. The molecule has 100 valence electrons. The molecule has 0 aromatic heterocycles. The lowest BCUT2D eigenvalue weighted by Crippen LogP contribution is -2.51. The predicted octanol–water partition coefficient (Wildman–Crippen LogP) is 0.578. The zero-order chi connectivity index (χ0) is 13.3. The minimum absolute atomic E-state index is 0.0898. The number of nitrogens with two attached hydrogens (primary N) is 1. The molecule has 1 saturated carbocycles. The van der Waals surface area contributed by atoms with Gasteiger partial charge in [-0.15, -0.1) is 0 Å². The Kier molecular flexibility index (Phi) is 4.03. The molecule has 17 heavy (non-hydrogen) atoms. The van der Waals surface area contributed by atoms with Gasteiger partial charge in [0, 0.05) is 6.04 Å². The van der Waals surface area contributed by atoms with Crippen LogP contribution in [0.5, 0.6) is 0 Å². The standard InChI is InChI=1S/C10H20N2O4S/c1-10(2,3)16-9(13)12-8-5-4-7(8)6-17(11,14)15/h7-8H,4-6H2,1-3H3,(H,12,13)(H2,11,14,15)/t7-,8+/m0/s1. The third-order valence-electron chi connectivity index (χ3n) is 2.57. The summed E-state index contributed by atoms with van der Waals surface area (Å²) in [6, 6.07) is -0.150. The zero-order valence-electron chi connectivity index (χ0n) is 10.4. The van der Waals surface area contributed by atoms with E-state index in [1.807, 2.05) is 0 Å². The molecule has 7 heteroatoms. The number of rotatable bonds is 3. The molecule has 6 nitrogen and oxygen atoms in total. The first-order valence-electron chi connectivity index (χ1n) is 5.57. The van der Waals surface area contributed by atoms with E-state index in [0.717, 1.165) is 12.8 Å². The summed E-state index contributed by atoms with van der Waals surface area (Å²) in [5.41, 5.74) is -0.552. The predicted molar refractivity (Wildman–Crippen MR) is 63.9 cm³/mol. The molecule has 1 aliphatic carbocycles. The van der Waals surface area contributed by atoms with Gasteiger partial charge in [0.1, 0.15) is 5.60 Å². The number of sulfonamides is 1. The third kappa shape index (κ3) is 5.36. The molecular formula is C10H20N2O4S. The van der Waals surface area contributed by atoms with E-state index in [2.05, 4.69) is 5.32 Å². The second-order valence-electron chi connectivity index (χ2n) is 5.42. The van der Waals surface area contributed by atoms with Crippen LogP contribution in [-0.4, -0.2) is 31.9 Å². The highest BCUT2D eigenvalue weighted by molar-refractivity contribution is 7.89. The summed E-state index contributed by atoms with van der Waals surface area (Å²) in [4.78, 5) is 11.5. The van der Waals surface area contributed by atoms with Gasteiger partial charge in [0.15, 0.2) is 0 Å². The number of ether oxygens (including phenoxy) is 1. The quantitative estimate of drug-likeness (QED) is 0.778. The van der Waals surface area contributed by atoms with Crippen molar-refractivity contribution < 1.29 is 17.9 Å². The van der Waals surface area contributed by atoms with Crippen LogP contribution in [0.1, 0.15) is 33.6 Å². The molecule has 0 aromatic carbocycles. The van der Waals surface area contributed by atoms with E-state index in [-0.39, 0.29) is 17.7 Å². The van der Waals surface area contributed by atoms with Crippen molar-refractivity contribution in [2.45, 2.75) is 45.3 Å². The Morgan fingerprint density at radius 2 is 2.00 bits per heavy atom. The molecule has 1 fully saturated rings. The van der Waals surface area contributed by atoms with E-state index < -0.39 is 21.7 Å². The minimum atomic E-state index is -3.48. The lowest BCUT2D eigenvalue weighted by Gasteiger charge is -2.36. The molecule has 0 radical (unpaired) electrons. The van der Waals surface area contributed by atoms with Gasteiger partial charge in [-0.25, -0.2) is 18.4 Å². The Labute approximate surface area is 102 Å². The van der Waals surface area contributed by atoms with Crippen molar-refractivity contribution in [3.8, 4) is 0 Å². The van der Waals surface area contributed by atoms with Crippen LogP contribution in [0.2, 0.25) is 0 Å². The molecule has 3 N–H and O–H groups in total. The van der Waals surface area contributed by atoms with Crippen molar-refractivity contribution in [1.82, 2.24) is 5.32 Å². The number of carbonyl (C=O) groups is 1. The van der Waals surface area contributed by atoms with Gasteiger partial charge in [-0.3, -0.25) is 0 Å². The monoisotopic (exact) mass is 264 g/mol. The van der Waals surface area contributed by atoms with E-state index in [9.17, 15) is 13.2 Å². The highest BCUT2D eigenvalue weighted by Gasteiger charge is 2.35. The van der Waals surface area contributed by atoms with Gasteiger partial charge in [0.05, 0.1) is 5.75 Å². The largest absolute Gasteiger partial charge is 0.444 e. The Balaban J connectivity index is 2.41. The highest BCUT2D eigenvalue weighted by Crippen LogP contribution is 2.28. The number of primary sulfonamides is 1. The smallest absolute Gasteiger partial charge is 0.407 e. The molecule has 0 aromatic rings. The van der Waals surface area contributed by atoms with Crippen LogP contribution in [-0.2, 0) is 14.8 Å². The summed E-state index contributed by atoms with van der Waals surface area (Å²) in [5, 5.41) is 7.63. The molecule has 0 spiro atoms. The van der Waals surface area contributed by atoms with Crippen molar-refractivity contribution in [3.05, 3.63) is 0 Å². The van der Waals surface area contributed by atoms with Crippen molar-refractivity contribution in [1.29, 1.82) is 0 Å². The van der Waals surface area contributed by atoms with Crippen molar-refractivity contribution >= 4 is 16.1 Å². The Bertz CT molecular complexity index is 386. The lowest BCUT2D eigenvalue weighted by atomic mass is 9.81. The van der Waals surface area contributed by atoms with Crippen LogP contribution in [0.3, 0.4) is 0 Å². The number of carbonyl (C=O) groups excluding carboxylic acids is 1. The lowest BCUT2D eigenvalue weighted by molar-refractivity contribution is 0.0446. The van der Waals surface area contributed by atoms with E-state index >= 15 is 0 Å². The fourth-order valence-corrected chi connectivity index (χ4v) is 2.71. The maximum atomic E-state index is 11.5. The summed E-state index contributed by atoms with van der Waals surface area (Å²) < 4.78 is 26.9. The van der Waals surface area contributed by atoms with Gasteiger partial charge in [-0.05, 0) is 39.5 Å². The first-order valence-corrected chi connectivity index (χ1v) is 7.28. The molecule has 0 bridgehead atoms. The zero-order valence-corrected chi connectivity index (χ0v) is 11.2. The van der Waals surface area contributed by atoms with E-state index in [4.69, 9.17) is 9.88 Å². The van der Waals surface area contributed by atoms with Crippen LogP contribution in [0.4, 0.5) is 4.79 Å². The van der Waals surface area contributed by atoms with Crippen LogP contribution in [0.25, 0.3) is 0 Å². The van der Waals surface area contributed by atoms with Crippen LogP contribution in [0.15, 0.2) is 0 Å². The maximum absolute atomic E-state index is 11.5.